The Balaban J connectivity index is 1.62. The van der Waals surface area contributed by atoms with E-state index in [2.05, 4.69) is 5.32 Å². The summed E-state index contributed by atoms with van der Waals surface area (Å²) >= 11 is 1.58. The van der Waals surface area contributed by atoms with Crippen LogP contribution in [0.2, 0.25) is 0 Å². The summed E-state index contributed by atoms with van der Waals surface area (Å²) in [5.74, 6) is -0.237. The van der Waals surface area contributed by atoms with Crippen molar-refractivity contribution >= 4 is 29.1 Å². The highest BCUT2D eigenvalue weighted by atomic mass is 32.1. The largest absolute Gasteiger partial charge is 0.469 e. The average molecular weight is 332 g/mol. The van der Waals surface area contributed by atoms with Crippen LogP contribution in [0.3, 0.4) is 0 Å². The van der Waals surface area contributed by atoms with Gasteiger partial charge >= 0.3 is 0 Å². The fraction of sp³-hybridized carbons (Fsp3) is 0.312. The number of carbonyl (C=O) groups is 3. The van der Waals surface area contributed by atoms with Gasteiger partial charge in [-0.05, 0) is 23.6 Å². The molecule has 23 heavy (non-hydrogen) atoms. The minimum absolute atomic E-state index is 0.0843. The van der Waals surface area contributed by atoms with Crippen molar-refractivity contribution in [1.29, 1.82) is 0 Å². The van der Waals surface area contributed by atoms with Crippen molar-refractivity contribution in [1.82, 2.24) is 10.2 Å². The molecule has 3 heterocycles. The van der Waals surface area contributed by atoms with Gasteiger partial charge in [-0.3, -0.25) is 19.3 Å². The van der Waals surface area contributed by atoms with Crippen LogP contribution in [-0.4, -0.2) is 35.7 Å². The lowest BCUT2D eigenvalue weighted by Gasteiger charge is -2.17. The van der Waals surface area contributed by atoms with E-state index < -0.39 is 0 Å². The number of nitrogens with one attached hydrogen (secondary N) is 1. The zero-order valence-electron chi connectivity index (χ0n) is 12.4. The molecule has 7 heteroatoms. The molecule has 1 unspecified atom stereocenters. The number of amides is 3. The van der Waals surface area contributed by atoms with Gasteiger partial charge in [0.15, 0.2) is 0 Å². The monoisotopic (exact) mass is 332 g/mol. The smallest absolute Gasteiger partial charge is 0.240 e. The highest BCUT2D eigenvalue weighted by Gasteiger charge is 2.30. The van der Waals surface area contributed by atoms with Gasteiger partial charge in [-0.1, -0.05) is 6.07 Å². The molecule has 0 aromatic carbocycles. The molecular formula is C16H16N2O4S. The van der Waals surface area contributed by atoms with Crippen molar-refractivity contribution in [3.05, 3.63) is 46.5 Å². The van der Waals surface area contributed by atoms with Gasteiger partial charge in [0.25, 0.3) is 0 Å². The molecule has 3 amide bonds. The number of furan rings is 1. The summed E-state index contributed by atoms with van der Waals surface area (Å²) in [7, 11) is 0. The van der Waals surface area contributed by atoms with Crippen molar-refractivity contribution in [2.24, 2.45) is 0 Å². The van der Waals surface area contributed by atoms with E-state index in [1.54, 1.807) is 23.7 Å². The Hall–Kier alpha value is -2.41. The van der Waals surface area contributed by atoms with Gasteiger partial charge < -0.3 is 9.73 Å². The van der Waals surface area contributed by atoms with Crippen LogP contribution >= 0.6 is 11.3 Å². The Morgan fingerprint density at radius 2 is 2.04 bits per heavy atom. The molecular weight excluding hydrogens is 316 g/mol. The van der Waals surface area contributed by atoms with Crippen LogP contribution in [0, 0.1) is 0 Å². The van der Waals surface area contributed by atoms with E-state index in [-0.39, 0.29) is 43.0 Å². The number of rotatable bonds is 6. The molecule has 1 saturated heterocycles. The van der Waals surface area contributed by atoms with Gasteiger partial charge in [0.1, 0.15) is 12.3 Å². The summed E-state index contributed by atoms with van der Waals surface area (Å²) in [4.78, 5) is 37.2. The van der Waals surface area contributed by atoms with E-state index in [1.165, 1.54) is 0 Å². The molecule has 0 radical (unpaired) electrons. The normalized spacial score (nSPS) is 15.9. The molecule has 1 N–H and O–H groups in total. The highest BCUT2D eigenvalue weighted by molar-refractivity contribution is 7.10. The standard InChI is InChI=1S/C16H16N2O4S/c19-14(10-18-15(20)5-6-16(18)21)17-9-11(12-3-1-7-22-12)13-4-2-8-23-13/h1-4,7-8,11H,5-6,9-10H2,(H,17,19). The van der Waals surface area contributed by atoms with Crippen LogP contribution in [-0.2, 0) is 14.4 Å². The molecule has 120 valence electrons. The fourth-order valence-electron chi connectivity index (χ4n) is 2.54. The van der Waals surface area contributed by atoms with E-state index >= 15 is 0 Å². The van der Waals surface area contributed by atoms with Crippen LogP contribution in [0.15, 0.2) is 40.3 Å². The van der Waals surface area contributed by atoms with Gasteiger partial charge in [0.2, 0.25) is 17.7 Å². The number of likely N-dealkylation sites (tertiary alicyclic amines) is 1. The minimum Gasteiger partial charge on any atom is -0.469 e. The number of carbonyl (C=O) groups excluding carboxylic acids is 3. The van der Waals surface area contributed by atoms with Crippen molar-refractivity contribution in [3.63, 3.8) is 0 Å². The van der Waals surface area contributed by atoms with Crippen LogP contribution in [0.25, 0.3) is 0 Å². The van der Waals surface area contributed by atoms with Crippen molar-refractivity contribution in [2.45, 2.75) is 18.8 Å². The first kappa shape index (κ1) is 15.5. The molecule has 1 aliphatic rings. The van der Waals surface area contributed by atoms with Crippen molar-refractivity contribution in [2.75, 3.05) is 13.1 Å². The van der Waals surface area contributed by atoms with Crippen LogP contribution in [0.1, 0.15) is 29.4 Å². The van der Waals surface area contributed by atoms with Crippen LogP contribution in [0.5, 0.6) is 0 Å². The van der Waals surface area contributed by atoms with Crippen molar-refractivity contribution in [3.8, 4) is 0 Å². The molecule has 0 aliphatic carbocycles. The summed E-state index contributed by atoms with van der Waals surface area (Å²) < 4.78 is 5.46. The van der Waals surface area contributed by atoms with Gasteiger partial charge in [-0.15, -0.1) is 11.3 Å². The van der Waals surface area contributed by atoms with Gasteiger partial charge in [0, 0.05) is 24.3 Å². The van der Waals surface area contributed by atoms with Gasteiger partial charge in [0.05, 0.1) is 12.2 Å². The Morgan fingerprint density at radius 3 is 2.65 bits per heavy atom. The first-order valence-corrected chi connectivity index (χ1v) is 8.20. The molecule has 0 bridgehead atoms. The quantitative estimate of drug-likeness (QED) is 0.817. The summed E-state index contributed by atoms with van der Waals surface area (Å²) in [5, 5.41) is 4.76. The molecule has 0 spiro atoms. The summed E-state index contributed by atoms with van der Waals surface area (Å²) in [6, 6.07) is 7.60. The summed E-state index contributed by atoms with van der Waals surface area (Å²) in [6.45, 7) is 0.135. The van der Waals surface area contributed by atoms with E-state index in [0.29, 0.717) is 6.54 Å². The van der Waals surface area contributed by atoms with Gasteiger partial charge in [-0.25, -0.2) is 0 Å². The lowest BCUT2D eigenvalue weighted by molar-refractivity contribution is -0.142. The summed E-state index contributed by atoms with van der Waals surface area (Å²) in [5.41, 5.74) is 0. The van der Waals surface area contributed by atoms with E-state index in [4.69, 9.17) is 4.42 Å². The Morgan fingerprint density at radius 1 is 1.26 bits per heavy atom. The lowest BCUT2D eigenvalue weighted by atomic mass is 10.0. The Bertz CT molecular complexity index is 644. The first-order chi connectivity index (χ1) is 11.1. The van der Waals surface area contributed by atoms with Gasteiger partial charge in [-0.2, -0.15) is 0 Å². The fourth-order valence-corrected chi connectivity index (χ4v) is 3.37. The molecule has 0 saturated carbocycles. The van der Waals surface area contributed by atoms with E-state index in [0.717, 1.165) is 15.5 Å². The second-order valence-electron chi connectivity index (χ2n) is 5.26. The second-order valence-corrected chi connectivity index (χ2v) is 6.24. The SMILES string of the molecule is O=C(CN1C(=O)CCC1=O)NCC(c1ccco1)c1cccs1. The highest BCUT2D eigenvalue weighted by Crippen LogP contribution is 2.28. The molecule has 3 rings (SSSR count). The lowest BCUT2D eigenvalue weighted by Crippen LogP contribution is -2.41. The van der Waals surface area contributed by atoms with E-state index in [9.17, 15) is 14.4 Å². The third-order valence-electron chi connectivity index (χ3n) is 3.73. The molecule has 1 aliphatic heterocycles. The van der Waals surface area contributed by atoms with Crippen molar-refractivity contribution < 1.29 is 18.8 Å². The number of imide groups is 1. The maximum Gasteiger partial charge on any atom is 0.240 e. The topological polar surface area (TPSA) is 79.6 Å². The molecule has 6 nitrogen and oxygen atoms in total. The zero-order valence-corrected chi connectivity index (χ0v) is 13.2. The number of hydrogen-bond donors (Lipinski definition) is 1. The Kier molecular flexibility index (Phi) is 4.57. The zero-order chi connectivity index (χ0) is 16.2. The number of thiophene rings is 1. The third-order valence-corrected chi connectivity index (χ3v) is 4.72. The molecule has 2 aromatic heterocycles. The predicted octanol–water partition coefficient (Wildman–Crippen LogP) is 1.74. The first-order valence-electron chi connectivity index (χ1n) is 7.32. The summed E-state index contributed by atoms with van der Waals surface area (Å²) in [6.07, 6.45) is 1.98. The maximum absolute atomic E-state index is 12.0. The minimum atomic E-state index is -0.346. The van der Waals surface area contributed by atoms with E-state index in [1.807, 2.05) is 23.6 Å². The van der Waals surface area contributed by atoms with Crippen LogP contribution < -0.4 is 5.32 Å². The Labute approximate surface area is 137 Å². The molecule has 2 aromatic rings. The molecule has 1 fully saturated rings. The molecule has 1 atom stereocenters. The third kappa shape index (κ3) is 3.50. The number of hydrogen-bond acceptors (Lipinski definition) is 5. The van der Waals surface area contributed by atoms with Crippen LogP contribution in [0.4, 0.5) is 0 Å². The maximum atomic E-state index is 12.0. The number of nitrogens with zero attached hydrogens (tertiary/aromatic N) is 1. The predicted molar refractivity (Wildman–Crippen MR) is 83.8 cm³/mol. The second kappa shape index (κ2) is 6.78. The average Bonchev–Trinajstić information content (AvgIpc) is 3.27.